The van der Waals surface area contributed by atoms with Crippen molar-refractivity contribution in [3.8, 4) is 5.75 Å². The third kappa shape index (κ3) is 5.27. The summed E-state index contributed by atoms with van der Waals surface area (Å²) in [5, 5.41) is 3.90. The highest BCUT2D eigenvalue weighted by molar-refractivity contribution is 9.11. The van der Waals surface area contributed by atoms with Crippen molar-refractivity contribution in [2.75, 3.05) is 6.61 Å². The van der Waals surface area contributed by atoms with Gasteiger partial charge in [0.05, 0.1) is 10.7 Å². The summed E-state index contributed by atoms with van der Waals surface area (Å²) in [5.41, 5.74) is 4.52. The predicted molar refractivity (Wildman–Crippen MR) is 94.3 cm³/mol. The molecule has 0 aliphatic rings. The largest absolute Gasteiger partial charge is 0.483 e. The molecule has 0 saturated heterocycles. The molecule has 114 valence electrons. The van der Waals surface area contributed by atoms with Crippen LogP contribution < -0.4 is 10.2 Å². The van der Waals surface area contributed by atoms with Gasteiger partial charge in [-0.15, -0.1) is 0 Å². The van der Waals surface area contributed by atoms with E-state index in [4.69, 9.17) is 4.74 Å². The summed E-state index contributed by atoms with van der Waals surface area (Å²) in [4.78, 5) is 11.7. The standard InChI is InChI=1S/C16H14Br2N2O2/c1-11-2-4-12(5-3-11)9-19-20-16(21)10-22-15-7-6-13(17)8-14(15)18/h2-9H,10H2,1H3,(H,20,21). The lowest BCUT2D eigenvalue weighted by molar-refractivity contribution is -0.123. The van der Waals surface area contributed by atoms with Gasteiger partial charge in [-0.25, -0.2) is 5.43 Å². The van der Waals surface area contributed by atoms with Gasteiger partial charge in [-0.05, 0) is 46.6 Å². The third-order valence-electron chi connectivity index (χ3n) is 2.73. The SMILES string of the molecule is Cc1ccc(C=NNC(=O)COc2ccc(Br)cc2Br)cc1. The van der Waals surface area contributed by atoms with Gasteiger partial charge in [-0.2, -0.15) is 5.10 Å². The maximum atomic E-state index is 11.7. The molecule has 0 bridgehead atoms. The summed E-state index contributed by atoms with van der Waals surface area (Å²) in [6, 6.07) is 13.3. The summed E-state index contributed by atoms with van der Waals surface area (Å²) in [6.45, 7) is 1.91. The van der Waals surface area contributed by atoms with Crippen LogP contribution in [0.2, 0.25) is 0 Å². The summed E-state index contributed by atoms with van der Waals surface area (Å²) in [6.07, 6.45) is 1.59. The highest BCUT2D eigenvalue weighted by Gasteiger charge is 2.05. The smallest absolute Gasteiger partial charge is 0.277 e. The van der Waals surface area contributed by atoms with Crippen LogP contribution in [-0.4, -0.2) is 18.7 Å². The molecule has 0 fully saturated rings. The van der Waals surface area contributed by atoms with E-state index < -0.39 is 0 Å². The second kappa shape index (κ2) is 8.10. The Bertz CT molecular complexity index is 685. The van der Waals surface area contributed by atoms with Gasteiger partial charge >= 0.3 is 0 Å². The molecule has 0 heterocycles. The Balaban J connectivity index is 1.81. The molecule has 1 amide bonds. The number of benzene rings is 2. The molecule has 0 saturated carbocycles. The Kier molecular flexibility index (Phi) is 6.15. The number of ether oxygens (including phenoxy) is 1. The minimum absolute atomic E-state index is 0.106. The van der Waals surface area contributed by atoms with Gasteiger partial charge < -0.3 is 4.74 Å². The number of amides is 1. The molecule has 4 nitrogen and oxygen atoms in total. The van der Waals surface area contributed by atoms with Gasteiger partial charge in [-0.3, -0.25) is 4.79 Å². The topological polar surface area (TPSA) is 50.7 Å². The van der Waals surface area contributed by atoms with E-state index in [9.17, 15) is 4.79 Å². The number of hydrogen-bond donors (Lipinski definition) is 1. The Morgan fingerprint density at radius 1 is 1.23 bits per heavy atom. The van der Waals surface area contributed by atoms with Crippen LogP contribution in [0.15, 0.2) is 56.5 Å². The van der Waals surface area contributed by atoms with Crippen molar-refractivity contribution in [3.63, 3.8) is 0 Å². The van der Waals surface area contributed by atoms with Crippen LogP contribution in [0.1, 0.15) is 11.1 Å². The molecule has 2 rings (SSSR count). The highest BCUT2D eigenvalue weighted by Crippen LogP contribution is 2.27. The van der Waals surface area contributed by atoms with Crippen LogP contribution in [0.25, 0.3) is 0 Å². The normalized spacial score (nSPS) is 10.7. The molecule has 0 spiro atoms. The van der Waals surface area contributed by atoms with Crippen LogP contribution >= 0.6 is 31.9 Å². The van der Waals surface area contributed by atoms with E-state index >= 15 is 0 Å². The molecular weight excluding hydrogens is 412 g/mol. The second-order valence-corrected chi connectivity index (χ2v) is 6.34. The van der Waals surface area contributed by atoms with Gasteiger partial charge in [0.15, 0.2) is 6.61 Å². The number of carbonyl (C=O) groups is 1. The second-order valence-electron chi connectivity index (χ2n) is 4.57. The van der Waals surface area contributed by atoms with E-state index in [1.807, 2.05) is 43.3 Å². The molecule has 0 aliphatic heterocycles. The molecule has 0 unspecified atom stereocenters. The maximum absolute atomic E-state index is 11.7. The van der Waals surface area contributed by atoms with Gasteiger partial charge in [0.25, 0.3) is 5.91 Å². The molecular formula is C16H14Br2N2O2. The van der Waals surface area contributed by atoms with E-state index in [-0.39, 0.29) is 12.5 Å². The summed E-state index contributed by atoms with van der Waals surface area (Å²) in [7, 11) is 0. The van der Waals surface area contributed by atoms with Crippen LogP contribution in [0.3, 0.4) is 0 Å². The fraction of sp³-hybridized carbons (Fsp3) is 0.125. The Morgan fingerprint density at radius 3 is 2.64 bits per heavy atom. The fourth-order valence-corrected chi connectivity index (χ4v) is 2.76. The Labute approximate surface area is 145 Å². The van der Waals surface area contributed by atoms with E-state index in [1.54, 1.807) is 12.3 Å². The summed E-state index contributed by atoms with van der Waals surface area (Å²) in [5.74, 6) is 0.277. The van der Waals surface area contributed by atoms with Crippen molar-refractivity contribution in [3.05, 3.63) is 62.5 Å². The number of nitrogens with one attached hydrogen (secondary N) is 1. The zero-order valence-corrected chi connectivity index (χ0v) is 15.0. The van der Waals surface area contributed by atoms with Gasteiger partial charge in [0.2, 0.25) is 0 Å². The first-order valence-corrected chi connectivity index (χ1v) is 8.09. The van der Waals surface area contributed by atoms with Crippen LogP contribution in [0, 0.1) is 6.92 Å². The van der Waals surface area contributed by atoms with Crippen LogP contribution in [-0.2, 0) is 4.79 Å². The number of hydrazone groups is 1. The molecule has 2 aromatic carbocycles. The lowest BCUT2D eigenvalue weighted by Crippen LogP contribution is -2.24. The lowest BCUT2D eigenvalue weighted by Gasteiger charge is -2.07. The van der Waals surface area contributed by atoms with Crippen molar-refractivity contribution >= 4 is 44.0 Å². The molecule has 6 heteroatoms. The van der Waals surface area contributed by atoms with Crippen molar-refractivity contribution in [2.24, 2.45) is 5.10 Å². The zero-order valence-electron chi connectivity index (χ0n) is 11.8. The van der Waals surface area contributed by atoms with E-state index in [1.165, 1.54) is 5.56 Å². The number of rotatable bonds is 5. The van der Waals surface area contributed by atoms with Crippen molar-refractivity contribution in [1.82, 2.24) is 5.43 Å². The molecule has 0 atom stereocenters. The third-order valence-corrected chi connectivity index (χ3v) is 3.85. The number of nitrogens with zero attached hydrogens (tertiary/aromatic N) is 1. The average Bonchev–Trinajstić information content (AvgIpc) is 2.48. The monoisotopic (exact) mass is 424 g/mol. The lowest BCUT2D eigenvalue weighted by atomic mass is 10.2. The first-order chi connectivity index (χ1) is 10.5. The first kappa shape index (κ1) is 16.7. The summed E-state index contributed by atoms with van der Waals surface area (Å²) >= 11 is 6.72. The number of halogens is 2. The number of aryl methyl sites for hydroxylation is 1. The minimum Gasteiger partial charge on any atom is -0.483 e. The molecule has 0 aliphatic carbocycles. The van der Waals surface area contributed by atoms with Crippen molar-refractivity contribution in [1.29, 1.82) is 0 Å². The Morgan fingerprint density at radius 2 is 1.95 bits per heavy atom. The predicted octanol–water partition coefficient (Wildman–Crippen LogP) is 4.05. The van der Waals surface area contributed by atoms with Crippen molar-refractivity contribution in [2.45, 2.75) is 6.92 Å². The van der Waals surface area contributed by atoms with Gasteiger partial charge in [-0.1, -0.05) is 45.8 Å². The fourth-order valence-electron chi connectivity index (χ4n) is 1.60. The molecule has 22 heavy (non-hydrogen) atoms. The Hall–Kier alpha value is -1.66. The first-order valence-electron chi connectivity index (χ1n) is 6.51. The van der Waals surface area contributed by atoms with E-state index in [0.29, 0.717) is 5.75 Å². The molecule has 2 aromatic rings. The summed E-state index contributed by atoms with van der Waals surface area (Å²) < 4.78 is 7.12. The maximum Gasteiger partial charge on any atom is 0.277 e. The minimum atomic E-state index is -0.321. The number of carbonyl (C=O) groups excluding carboxylic acids is 1. The molecule has 0 aromatic heterocycles. The average molecular weight is 426 g/mol. The molecule has 0 radical (unpaired) electrons. The van der Waals surface area contributed by atoms with E-state index in [2.05, 4.69) is 42.4 Å². The molecule has 1 N–H and O–H groups in total. The zero-order chi connectivity index (χ0) is 15.9. The number of hydrogen-bond acceptors (Lipinski definition) is 3. The van der Waals surface area contributed by atoms with E-state index in [0.717, 1.165) is 14.5 Å². The highest BCUT2D eigenvalue weighted by atomic mass is 79.9. The van der Waals surface area contributed by atoms with Gasteiger partial charge in [0.1, 0.15) is 5.75 Å². The van der Waals surface area contributed by atoms with Crippen LogP contribution in [0.5, 0.6) is 5.75 Å². The quantitative estimate of drug-likeness (QED) is 0.580. The van der Waals surface area contributed by atoms with Crippen molar-refractivity contribution < 1.29 is 9.53 Å². The van der Waals surface area contributed by atoms with Gasteiger partial charge in [0, 0.05) is 4.47 Å². The van der Waals surface area contributed by atoms with Crippen LogP contribution in [0.4, 0.5) is 0 Å².